The Hall–Kier alpha value is 0.480. The van der Waals surface area contributed by atoms with Crippen LogP contribution in [-0.4, -0.2) is 22.8 Å². The zero-order chi connectivity index (χ0) is 12.7. The molecule has 102 valence electrons. The number of hydrogen-bond acceptors (Lipinski definition) is 1. The minimum Gasteiger partial charge on any atom is -0.377 e. The predicted octanol–water partition coefficient (Wildman–Crippen LogP) is 4.87. The van der Waals surface area contributed by atoms with Crippen molar-refractivity contribution in [3.63, 3.8) is 0 Å². The zero-order valence-corrected chi connectivity index (χ0v) is 12.1. The smallest absolute Gasteiger partial charge is 0.377 e. The molecule has 1 rings (SSSR count). The van der Waals surface area contributed by atoms with E-state index in [2.05, 4.69) is 22.6 Å². The number of alkyl halides is 4. The summed E-state index contributed by atoms with van der Waals surface area (Å²) in [6.45, 7) is 0.240. The van der Waals surface area contributed by atoms with Crippen LogP contribution < -0.4 is 0 Å². The van der Waals surface area contributed by atoms with Crippen LogP contribution in [0.15, 0.2) is 0 Å². The van der Waals surface area contributed by atoms with Gasteiger partial charge in [-0.3, -0.25) is 0 Å². The van der Waals surface area contributed by atoms with Crippen molar-refractivity contribution in [1.29, 1.82) is 0 Å². The maximum atomic E-state index is 12.0. The second-order valence-corrected chi connectivity index (χ2v) is 6.24. The first-order valence-electron chi connectivity index (χ1n) is 6.31. The molecule has 0 spiro atoms. The topological polar surface area (TPSA) is 9.23 Å². The first kappa shape index (κ1) is 15.5. The fraction of sp³-hybridized carbons (Fsp3) is 1.00. The Morgan fingerprint density at radius 3 is 2.35 bits per heavy atom. The molecule has 0 aromatic carbocycles. The van der Waals surface area contributed by atoms with E-state index in [0.29, 0.717) is 3.92 Å². The quantitative estimate of drug-likeness (QED) is 0.393. The van der Waals surface area contributed by atoms with E-state index in [0.717, 1.165) is 19.3 Å². The van der Waals surface area contributed by atoms with Gasteiger partial charge >= 0.3 is 6.18 Å². The Bertz CT molecular complexity index is 208. The van der Waals surface area contributed by atoms with Gasteiger partial charge in [0.25, 0.3) is 0 Å². The molecule has 1 aliphatic carbocycles. The highest BCUT2D eigenvalue weighted by atomic mass is 127. The molecule has 1 fully saturated rings. The van der Waals surface area contributed by atoms with E-state index in [9.17, 15) is 13.2 Å². The molecule has 0 heterocycles. The molecule has 1 saturated carbocycles. The summed E-state index contributed by atoms with van der Waals surface area (Å²) in [5.74, 6) is 0. The Morgan fingerprint density at radius 2 is 1.71 bits per heavy atom. The standard InChI is InChI=1S/C12H20F3IO/c13-12(14,15)8-5-9-17-11-7-4-2-1-3-6-10(11)16/h10-11H,1-9H2. The van der Waals surface area contributed by atoms with Gasteiger partial charge in [-0.05, 0) is 19.3 Å². The molecular weight excluding hydrogens is 344 g/mol. The van der Waals surface area contributed by atoms with Gasteiger partial charge in [-0.25, -0.2) is 0 Å². The van der Waals surface area contributed by atoms with E-state index in [1.165, 1.54) is 19.3 Å². The monoisotopic (exact) mass is 364 g/mol. The molecule has 2 unspecified atom stereocenters. The summed E-state index contributed by atoms with van der Waals surface area (Å²) in [5, 5.41) is 0. The van der Waals surface area contributed by atoms with Crippen LogP contribution in [0.2, 0.25) is 0 Å². The van der Waals surface area contributed by atoms with Crippen molar-refractivity contribution >= 4 is 22.6 Å². The van der Waals surface area contributed by atoms with E-state index in [1.54, 1.807) is 0 Å². The Balaban J connectivity index is 2.19. The zero-order valence-electron chi connectivity index (χ0n) is 9.94. The molecule has 1 aliphatic rings. The highest BCUT2D eigenvalue weighted by molar-refractivity contribution is 14.1. The summed E-state index contributed by atoms with van der Waals surface area (Å²) in [7, 11) is 0. The van der Waals surface area contributed by atoms with Gasteiger partial charge < -0.3 is 4.74 Å². The molecule has 0 amide bonds. The minimum atomic E-state index is -4.05. The lowest BCUT2D eigenvalue weighted by atomic mass is 9.98. The van der Waals surface area contributed by atoms with Crippen LogP contribution >= 0.6 is 22.6 Å². The van der Waals surface area contributed by atoms with Gasteiger partial charge in [-0.2, -0.15) is 13.2 Å². The highest BCUT2D eigenvalue weighted by Gasteiger charge is 2.27. The largest absolute Gasteiger partial charge is 0.389 e. The van der Waals surface area contributed by atoms with Crippen LogP contribution in [0.4, 0.5) is 13.2 Å². The van der Waals surface area contributed by atoms with Gasteiger partial charge in [0.05, 0.1) is 6.10 Å². The van der Waals surface area contributed by atoms with Gasteiger partial charge in [0.15, 0.2) is 0 Å². The summed E-state index contributed by atoms with van der Waals surface area (Å²) in [5.41, 5.74) is 0. The number of halogens is 4. The van der Waals surface area contributed by atoms with Crippen LogP contribution in [0.3, 0.4) is 0 Å². The molecule has 1 nitrogen and oxygen atoms in total. The van der Waals surface area contributed by atoms with Gasteiger partial charge in [0.1, 0.15) is 0 Å². The first-order valence-corrected chi connectivity index (χ1v) is 7.56. The third-order valence-corrected chi connectivity index (χ3v) is 4.48. The van der Waals surface area contributed by atoms with Crippen molar-refractivity contribution in [3.8, 4) is 0 Å². The average Bonchev–Trinajstić information content (AvgIpc) is 2.20. The van der Waals surface area contributed by atoms with Crippen LogP contribution in [0.25, 0.3) is 0 Å². The first-order chi connectivity index (χ1) is 7.99. The van der Waals surface area contributed by atoms with Crippen molar-refractivity contribution in [2.45, 2.75) is 67.6 Å². The maximum Gasteiger partial charge on any atom is 0.389 e. The molecule has 0 aromatic rings. The summed E-state index contributed by atoms with van der Waals surface area (Å²) in [6, 6.07) is 0. The van der Waals surface area contributed by atoms with E-state index < -0.39 is 12.6 Å². The Labute approximate surface area is 115 Å². The molecule has 5 heteroatoms. The molecule has 0 aliphatic heterocycles. The van der Waals surface area contributed by atoms with E-state index in [1.807, 2.05) is 0 Å². The van der Waals surface area contributed by atoms with Crippen molar-refractivity contribution < 1.29 is 17.9 Å². The van der Waals surface area contributed by atoms with Gasteiger partial charge in [0.2, 0.25) is 0 Å². The van der Waals surface area contributed by atoms with Gasteiger partial charge in [-0.1, -0.05) is 48.3 Å². The summed E-state index contributed by atoms with van der Waals surface area (Å²) in [6.07, 6.45) is 2.46. The van der Waals surface area contributed by atoms with E-state index in [4.69, 9.17) is 4.74 Å². The van der Waals surface area contributed by atoms with Crippen LogP contribution in [0.1, 0.15) is 51.4 Å². The number of ether oxygens (including phenoxy) is 1. The molecule has 0 N–H and O–H groups in total. The molecule has 0 radical (unpaired) electrons. The predicted molar refractivity (Wildman–Crippen MR) is 70.5 cm³/mol. The Morgan fingerprint density at radius 1 is 1.06 bits per heavy atom. The summed E-state index contributed by atoms with van der Waals surface area (Å²) in [4.78, 5) is 0. The van der Waals surface area contributed by atoms with Crippen LogP contribution in [-0.2, 0) is 4.74 Å². The normalized spacial score (nSPS) is 27.5. The second kappa shape index (κ2) is 7.81. The van der Waals surface area contributed by atoms with Crippen molar-refractivity contribution in [1.82, 2.24) is 0 Å². The fourth-order valence-corrected chi connectivity index (χ4v) is 3.11. The highest BCUT2D eigenvalue weighted by Crippen LogP contribution is 2.26. The molecule has 0 aromatic heterocycles. The van der Waals surface area contributed by atoms with Crippen molar-refractivity contribution in [3.05, 3.63) is 0 Å². The molecular formula is C12H20F3IO. The Kier molecular flexibility index (Phi) is 7.14. The second-order valence-electron chi connectivity index (χ2n) is 4.64. The van der Waals surface area contributed by atoms with Gasteiger partial charge in [0, 0.05) is 17.0 Å². The lowest BCUT2D eigenvalue weighted by Gasteiger charge is -2.25. The SMILES string of the molecule is FC(F)(F)CCCOC1CCCCCCC1I. The van der Waals surface area contributed by atoms with E-state index >= 15 is 0 Å². The maximum absolute atomic E-state index is 12.0. The molecule has 0 bridgehead atoms. The molecule has 0 saturated heterocycles. The lowest BCUT2D eigenvalue weighted by molar-refractivity contribution is -0.139. The molecule has 2 atom stereocenters. The third-order valence-electron chi connectivity index (χ3n) is 3.06. The van der Waals surface area contributed by atoms with Crippen molar-refractivity contribution in [2.75, 3.05) is 6.61 Å². The average molecular weight is 364 g/mol. The van der Waals surface area contributed by atoms with Crippen molar-refractivity contribution in [2.24, 2.45) is 0 Å². The summed E-state index contributed by atoms with van der Waals surface area (Å²) >= 11 is 2.38. The number of hydrogen-bond donors (Lipinski definition) is 0. The van der Waals surface area contributed by atoms with Crippen LogP contribution in [0.5, 0.6) is 0 Å². The molecule has 17 heavy (non-hydrogen) atoms. The minimum absolute atomic E-state index is 0.0867. The summed E-state index contributed by atoms with van der Waals surface area (Å²) < 4.78 is 42.0. The lowest BCUT2D eigenvalue weighted by Crippen LogP contribution is -2.26. The third kappa shape index (κ3) is 7.49. The number of rotatable bonds is 4. The van der Waals surface area contributed by atoms with Gasteiger partial charge in [-0.15, -0.1) is 0 Å². The van der Waals surface area contributed by atoms with E-state index in [-0.39, 0.29) is 19.1 Å². The van der Waals surface area contributed by atoms with Crippen LogP contribution in [0, 0.1) is 0 Å². The fourth-order valence-electron chi connectivity index (χ4n) is 2.10.